The van der Waals surface area contributed by atoms with Crippen LogP contribution in [0.2, 0.25) is 0 Å². The van der Waals surface area contributed by atoms with E-state index in [0.29, 0.717) is 36.0 Å². The summed E-state index contributed by atoms with van der Waals surface area (Å²) in [6.07, 6.45) is 8.27. The summed E-state index contributed by atoms with van der Waals surface area (Å²) in [5.41, 5.74) is 0. The largest absolute Gasteiger partial charge is 0.462 e. The number of carbonyl (C=O) groups is 1. The van der Waals surface area contributed by atoms with Gasteiger partial charge in [-0.25, -0.2) is 0 Å². The maximum Gasteiger partial charge on any atom is 0.306 e. The highest BCUT2D eigenvalue weighted by molar-refractivity contribution is 5.70. The van der Waals surface area contributed by atoms with Crippen molar-refractivity contribution in [3.8, 4) is 0 Å². The Kier molecular flexibility index (Phi) is 8.04. The van der Waals surface area contributed by atoms with E-state index < -0.39 is 0 Å². The van der Waals surface area contributed by atoms with E-state index in [-0.39, 0.29) is 12.1 Å². The van der Waals surface area contributed by atoms with E-state index in [0.717, 1.165) is 24.2 Å². The second-order valence-electron chi connectivity index (χ2n) is 10.5. The summed E-state index contributed by atoms with van der Waals surface area (Å²) >= 11 is 0. The van der Waals surface area contributed by atoms with Gasteiger partial charge in [-0.3, -0.25) is 4.79 Å². The van der Waals surface area contributed by atoms with E-state index >= 15 is 0 Å². The Balaban J connectivity index is 1.94. The first kappa shape index (κ1) is 21.8. The van der Waals surface area contributed by atoms with Gasteiger partial charge in [0.05, 0.1) is 0 Å². The molecule has 152 valence electrons. The minimum atomic E-state index is 0.0583. The second-order valence-corrected chi connectivity index (χ2v) is 10.5. The van der Waals surface area contributed by atoms with Crippen LogP contribution >= 0.6 is 0 Å². The maximum atomic E-state index is 12.8. The molecule has 7 unspecified atom stereocenters. The number of rotatable bonds is 6. The molecule has 0 saturated heterocycles. The molecule has 0 amide bonds. The summed E-state index contributed by atoms with van der Waals surface area (Å²) in [5.74, 6) is 5.30. The SMILES string of the molecule is CC1CCC(C(C)C)C(OC(=O)CC(C)C2CC(C)CCC2C(C)C)C1. The number of esters is 1. The normalized spacial score (nSPS) is 37.0. The van der Waals surface area contributed by atoms with Gasteiger partial charge >= 0.3 is 5.97 Å². The standard InChI is InChI=1S/C24H44O2/c1-15(2)20-10-8-17(5)12-22(20)19(7)14-24(25)26-23-13-18(6)9-11-21(23)16(3)4/h15-23H,8-14H2,1-7H3. The molecule has 2 aliphatic carbocycles. The predicted molar refractivity (Wildman–Crippen MR) is 110 cm³/mol. The van der Waals surface area contributed by atoms with E-state index in [1.165, 1.54) is 32.1 Å². The summed E-state index contributed by atoms with van der Waals surface area (Å²) in [6.45, 7) is 16.2. The van der Waals surface area contributed by atoms with Gasteiger partial charge in [-0.05, 0) is 73.0 Å². The van der Waals surface area contributed by atoms with E-state index in [4.69, 9.17) is 4.74 Å². The fourth-order valence-corrected chi connectivity index (χ4v) is 5.81. The number of ether oxygens (including phenoxy) is 1. The summed E-state index contributed by atoms with van der Waals surface area (Å²) in [7, 11) is 0. The third-order valence-electron chi connectivity index (χ3n) is 7.54. The topological polar surface area (TPSA) is 26.3 Å². The van der Waals surface area contributed by atoms with Crippen molar-refractivity contribution in [2.24, 2.45) is 47.3 Å². The van der Waals surface area contributed by atoms with Gasteiger partial charge in [0.1, 0.15) is 6.10 Å². The molecule has 2 fully saturated rings. The molecule has 0 bridgehead atoms. The van der Waals surface area contributed by atoms with Crippen molar-refractivity contribution < 1.29 is 9.53 Å². The highest BCUT2D eigenvalue weighted by atomic mass is 16.5. The molecule has 2 saturated carbocycles. The van der Waals surface area contributed by atoms with Crippen LogP contribution in [0.4, 0.5) is 0 Å². The number of carbonyl (C=O) groups excluding carboxylic acids is 1. The lowest BCUT2D eigenvalue weighted by Gasteiger charge is -2.41. The molecule has 7 atom stereocenters. The molecule has 0 aromatic rings. The minimum Gasteiger partial charge on any atom is -0.462 e. The molecule has 0 spiro atoms. The molecule has 0 N–H and O–H groups in total. The molecular weight excluding hydrogens is 320 g/mol. The summed E-state index contributed by atoms with van der Waals surface area (Å²) < 4.78 is 6.08. The molecule has 0 radical (unpaired) electrons. The van der Waals surface area contributed by atoms with Crippen LogP contribution in [-0.4, -0.2) is 12.1 Å². The Labute approximate surface area is 162 Å². The van der Waals surface area contributed by atoms with Crippen LogP contribution in [0.15, 0.2) is 0 Å². The molecule has 2 nitrogen and oxygen atoms in total. The van der Waals surface area contributed by atoms with Crippen molar-refractivity contribution in [1.82, 2.24) is 0 Å². The molecule has 26 heavy (non-hydrogen) atoms. The smallest absolute Gasteiger partial charge is 0.306 e. The third-order valence-corrected chi connectivity index (χ3v) is 7.54. The van der Waals surface area contributed by atoms with Crippen LogP contribution < -0.4 is 0 Å². The third kappa shape index (κ3) is 5.73. The predicted octanol–water partition coefficient (Wildman–Crippen LogP) is 6.73. The minimum absolute atomic E-state index is 0.0583. The van der Waals surface area contributed by atoms with Gasteiger partial charge < -0.3 is 4.74 Å². The van der Waals surface area contributed by atoms with E-state index in [9.17, 15) is 4.79 Å². The van der Waals surface area contributed by atoms with Gasteiger partial charge in [-0.2, -0.15) is 0 Å². The lowest BCUT2D eigenvalue weighted by atomic mass is 9.65. The monoisotopic (exact) mass is 364 g/mol. The Bertz CT molecular complexity index is 441. The zero-order chi connectivity index (χ0) is 19.4. The Hall–Kier alpha value is -0.530. The van der Waals surface area contributed by atoms with Gasteiger partial charge in [0.25, 0.3) is 0 Å². The van der Waals surface area contributed by atoms with Crippen LogP contribution in [0.1, 0.15) is 93.4 Å². The van der Waals surface area contributed by atoms with Crippen LogP contribution in [0.25, 0.3) is 0 Å². The summed E-state index contributed by atoms with van der Waals surface area (Å²) in [5, 5.41) is 0. The van der Waals surface area contributed by atoms with E-state index in [2.05, 4.69) is 48.5 Å². The van der Waals surface area contributed by atoms with Crippen molar-refractivity contribution in [2.45, 2.75) is 99.5 Å². The molecule has 2 heteroatoms. The Morgan fingerprint density at radius 3 is 1.92 bits per heavy atom. The van der Waals surface area contributed by atoms with Crippen molar-refractivity contribution in [2.75, 3.05) is 0 Å². The summed E-state index contributed by atoms with van der Waals surface area (Å²) in [6, 6.07) is 0. The van der Waals surface area contributed by atoms with Gasteiger partial charge in [0.2, 0.25) is 0 Å². The number of hydrogen-bond acceptors (Lipinski definition) is 2. The first-order valence-corrected chi connectivity index (χ1v) is 11.4. The fourth-order valence-electron chi connectivity index (χ4n) is 5.81. The maximum absolute atomic E-state index is 12.8. The van der Waals surface area contributed by atoms with Crippen LogP contribution in [0.3, 0.4) is 0 Å². The highest BCUT2D eigenvalue weighted by Gasteiger charge is 2.37. The van der Waals surface area contributed by atoms with Crippen molar-refractivity contribution in [1.29, 1.82) is 0 Å². The molecule has 0 aromatic carbocycles. The Morgan fingerprint density at radius 1 is 0.808 bits per heavy atom. The molecule has 0 heterocycles. The average Bonchev–Trinajstić information content (AvgIpc) is 2.53. The van der Waals surface area contributed by atoms with Gasteiger partial charge in [-0.15, -0.1) is 0 Å². The van der Waals surface area contributed by atoms with E-state index in [1.807, 2.05) is 0 Å². The second kappa shape index (κ2) is 9.60. The lowest BCUT2D eigenvalue weighted by molar-refractivity contribution is -0.157. The molecule has 0 aliphatic heterocycles. The van der Waals surface area contributed by atoms with Crippen LogP contribution in [-0.2, 0) is 9.53 Å². The first-order chi connectivity index (χ1) is 12.2. The van der Waals surface area contributed by atoms with Crippen LogP contribution in [0.5, 0.6) is 0 Å². The van der Waals surface area contributed by atoms with Crippen molar-refractivity contribution >= 4 is 5.97 Å². The highest BCUT2D eigenvalue weighted by Crippen LogP contribution is 2.43. The Morgan fingerprint density at radius 2 is 1.35 bits per heavy atom. The quantitative estimate of drug-likeness (QED) is 0.489. The fraction of sp³-hybridized carbons (Fsp3) is 0.958. The lowest BCUT2D eigenvalue weighted by Crippen LogP contribution is -2.37. The van der Waals surface area contributed by atoms with Crippen molar-refractivity contribution in [3.63, 3.8) is 0 Å². The van der Waals surface area contributed by atoms with Gasteiger partial charge in [0, 0.05) is 6.42 Å². The number of hydrogen-bond donors (Lipinski definition) is 0. The molecule has 2 aliphatic rings. The summed E-state index contributed by atoms with van der Waals surface area (Å²) in [4.78, 5) is 12.8. The molecular formula is C24H44O2. The average molecular weight is 365 g/mol. The zero-order valence-corrected chi connectivity index (χ0v) is 18.5. The molecule has 2 rings (SSSR count). The zero-order valence-electron chi connectivity index (χ0n) is 18.5. The van der Waals surface area contributed by atoms with Crippen molar-refractivity contribution in [3.05, 3.63) is 0 Å². The van der Waals surface area contributed by atoms with Gasteiger partial charge in [0.15, 0.2) is 0 Å². The van der Waals surface area contributed by atoms with E-state index in [1.54, 1.807) is 0 Å². The molecule has 0 aromatic heterocycles. The van der Waals surface area contributed by atoms with Gasteiger partial charge in [-0.1, -0.05) is 61.3 Å². The first-order valence-electron chi connectivity index (χ1n) is 11.4. The van der Waals surface area contributed by atoms with Crippen LogP contribution in [0, 0.1) is 47.3 Å².